The number of rotatable bonds is 6. The van der Waals surface area contributed by atoms with Crippen LogP contribution in [-0.4, -0.2) is 34.3 Å². The highest BCUT2D eigenvalue weighted by atomic mass is 35.5. The molecule has 0 saturated heterocycles. The van der Waals surface area contributed by atoms with Gasteiger partial charge in [-0.3, -0.25) is 13.9 Å². The molecule has 0 aromatic heterocycles. The van der Waals surface area contributed by atoms with E-state index in [1.165, 1.54) is 38.4 Å². The highest BCUT2D eigenvalue weighted by Crippen LogP contribution is 2.26. The quantitative estimate of drug-likeness (QED) is 0.588. The lowest BCUT2D eigenvalue weighted by Crippen LogP contribution is -2.27. The van der Waals surface area contributed by atoms with Crippen molar-refractivity contribution in [3.8, 4) is 0 Å². The van der Waals surface area contributed by atoms with Crippen LogP contribution in [0.3, 0.4) is 0 Å². The Morgan fingerprint density at radius 1 is 0.903 bits per heavy atom. The minimum Gasteiger partial charge on any atom is -0.355 e. The summed E-state index contributed by atoms with van der Waals surface area (Å²) in [4.78, 5) is 24.5. The maximum Gasteiger partial charge on any atom is 0.264 e. The molecule has 0 atom stereocenters. The first-order valence-corrected chi connectivity index (χ1v) is 11.0. The number of para-hydroxylation sites is 1. The summed E-state index contributed by atoms with van der Waals surface area (Å²) < 4.78 is 27.2. The van der Waals surface area contributed by atoms with E-state index in [0.717, 1.165) is 4.31 Å². The summed E-state index contributed by atoms with van der Waals surface area (Å²) in [5.74, 6) is -0.898. The van der Waals surface area contributed by atoms with Gasteiger partial charge in [0, 0.05) is 25.3 Å². The summed E-state index contributed by atoms with van der Waals surface area (Å²) in [6, 6.07) is 18.9. The Morgan fingerprint density at radius 3 is 2.29 bits per heavy atom. The number of hydrogen-bond acceptors (Lipinski definition) is 4. The Hall–Kier alpha value is -3.36. The molecule has 31 heavy (non-hydrogen) atoms. The topological polar surface area (TPSA) is 95.6 Å². The van der Waals surface area contributed by atoms with Gasteiger partial charge in [0.05, 0.1) is 21.2 Å². The molecule has 3 aromatic carbocycles. The number of nitrogens with zero attached hydrogens (tertiary/aromatic N) is 1. The van der Waals surface area contributed by atoms with Gasteiger partial charge in [-0.1, -0.05) is 35.9 Å². The molecule has 0 aliphatic rings. The summed E-state index contributed by atoms with van der Waals surface area (Å²) in [5.41, 5.74) is 1.22. The third-order valence-electron chi connectivity index (χ3n) is 4.57. The Labute approximate surface area is 185 Å². The Balaban J connectivity index is 1.91. The second-order valence-corrected chi connectivity index (χ2v) is 8.94. The van der Waals surface area contributed by atoms with Crippen LogP contribution in [0.25, 0.3) is 0 Å². The smallest absolute Gasteiger partial charge is 0.264 e. The van der Waals surface area contributed by atoms with Crippen LogP contribution in [0.5, 0.6) is 0 Å². The second-order valence-electron chi connectivity index (χ2n) is 6.56. The molecule has 160 valence electrons. The van der Waals surface area contributed by atoms with Crippen LogP contribution >= 0.6 is 11.6 Å². The molecule has 3 rings (SSSR count). The van der Waals surface area contributed by atoms with Crippen molar-refractivity contribution in [3.05, 3.63) is 88.9 Å². The fraction of sp³-hybridized carbons (Fsp3) is 0.0909. The molecule has 0 radical (unpaired) electrons. The second kappa shape index (κ2) is 9.20. The van der Waals surface area contributed by atoms with E-state index >= 15 is 0 Å². The third-order valence-corrected chi connectivity index (χ3v) is 6.68. The van der Waals surface area contributed by atoms with E-state index in [4.69, 9.17) is 11.6 Å². The minimum absolute atomic E-state index is 0.00505. The van der Waals surface area contributed by atoms with Crippen LogP contribution in [0.1, 0.15) is 20.7 Å². The number of hydrogen-bond donors (Lipinski definition) is 2. The van der Waals surface area contributed by atoms with E-state index in [2.05, 4.69) is 10.6 Å². The lowest BCUT2D eigenvalue weighted by atomic mass is 10.1. The first-order valence-electron chi connectivity index (χ1n) is 9.21. The van der Waals surface area contributed by atoms with Crippen molar-refractivity contribution in [2.75, 3.05) is 23.7 Å². The number of amides is 2. The van der Waals surface area contributed by atoms with Crippen LogP contribution in [-0.2, 0) is 10.0 Å². The molecule has 3 aromatic rings. The zero-order chi connectivity index (χ0) is 22.6. The van der Waals surface area contributed by atoms with Gasteiger partial charge in [-0.2, -0.15) is 0 Å². The van der Waals surface area contributed by atoms with Gasteiger partial charge < -0.3 is 10.6 Å². The van der Waals surface area contributed by atoms with Crippen LogP contribution < -0.4 is 14.9 Å². The average molecular weight is 458 g/mol. The molecule has 7 nitrogen and oxygen atoms in total. The van der Waals surface area contributed by atoms with Crippen molar-refractivity contribution in [2.45, 2.75) is 4.90 Å². The number of sulfonamides is 1. The summed E-state index contributed by atoms with van der Waals surface area (Å²) >= 11 is 6.17. The van der Waals surface area contributed by atoms with Crippen molar-refractivity contribution in [1.82, 2.24) is 5.32 Å². The van der Waals surface area contributed by atoms with Gasteiger partial charge in [-0.25, -0.2) is 8.42 Å². The van der Waals surface area contributed by atoms with E-state index < -0.39 is 15.9 Å². The van der Waals surface area contributed by atoms with Gasteiger partial charge >= 0.3 is 0 Å². The zero-order valence-electron chi connectivity index (χ0n) is 16.8. The SMILES string of the molecule is CNC(=O)c1cccc(NC(=O)c2cc(S(=O)(=O)N(C)c3ccccc3)ccc2Cl)c1. The number of benzene rings is 3. The lowest BCUT2D eigenvalue weighted by molar-refractivity contribution is 0.0961. The van der Waals surface area contributed by atoms with E-state index in [9.17, 15) is 18.0 Å². The largest absolute Gasteiger partial charge is 0.355 e. The standard InChI is InChI=1S/C22H20ClN3O4S/c1-24-21(27)15-7-6-8-16(13-15)25-22(28)19-14-18(11-12-20(19)23)31(29,30)26(2)17-9-4-3-5-10-17/h3-14H,1-2H3,(H,24,27)(H,25,28). The molecule has 0 unspecified atom stereocenters. The third kappa shape index (κ3) is 4.87. The molecular weight excluding hydrogens is 438 g/mol. The highest BCUT2D eigenvalue weighted by molar-refractivity contribution is 7.92. The van der Waals surface area contributed by atoms with E-state index in [1.54, 1.807) is 48.5 Å². The summed E-state index contributed by atoms with van der Waals surface area (Å²) in [6.45, 7) is 0. The van der Waals surface area contributed by atoms with E-state index in [0.29, 0.717) is 16.9 Å². The van der Waals surface area contributed by atoms with Gasteiger partial charge in [0.25, 0.3) is 21.8 Å². The maximum atomic E-state index is 13.0. The number of nitrogens with one attached hydrogen (secondary N) is 2. The first kappa shape index (κ1) is 22.3. The highest BCUT2D eigenvalue weighted by Gasteiger charge is 2.24. The minimum atomic E-state index is -3.92. The number of anilines is 2. The molecular formula is C22H20ClN3O4S. The maximum absolute atomic E-state index is 13.0. The van der Waals surface area contributed by atoms with Crippen LogP contribution in [0.2, 0.25) is 5.02 Å². The van der Waals surface area contributed by atoms with Gasteiger partial charge in [-0.15, -0.1) is 0 Å². The summed E-state index contributed by atoms with van der Waals surface area (Å²) in [5, 5.41) is 5.25. The molecule has 0 aliphatic carbocycles. The number of carbonyl (C=O) groups excluding carboxylic acids is 2. The molecule has 0 spiro atoms. The Bertz CT molecular complexity index is 1230. The Morgan fingerprint density at radius 2 is 1.61 bits per heavy atom. The van der Waals surface area contributed by atoms with Crippen LogP contribution in [0.15, 0.2) is 77.7 Å². The molecule has 0 fully saturated rings. The fourth-order valence-corrected chi connectivity index (χ4v) is 4.28. The number of halogens is 1. The zero-order valence-corrected chi connectivity index (χ0v) is 18.4. The summed E-state index contributed by atoms with van der Waals surface area (Å²) in [7, 11) is -0.978. The molecule has 0 aliphatic heterocycles. The van der Waals surface area contributed by atoms with Crippen LogP contribution in [0.4, 0.5) is 11.4 Å². The van der Waals surface area contributed by atoms with Crippen LogP contribution in [0, 0.1) is 0 Å². The van der Waals surface area contributed by atoms with Gasteiger partial charge in [0.15, 0.2) is 0 Å². The van der Waals surface area contributed by atoms with Gasteiger partial charge in [0.1, 0.15) is 0 Å². The van der Waals surface area contributed by atoms with E-state index in [-0.39, 0.29) is 21.4 Å². The van der Waals surface area contributed by atoms with Crippen molar-refractivity contribution in [3.63, 3.8) is 0 Å². The average Bonchev–Trinajstić information content (AvgIpc) is 2.78. The predicted molar refractivity (Wildman–Crippen MR) is 121 cm³/mol. The fourth-order valence-electron chi connectivity index (χ4n) is 2.85. The van der Waals surface area contributed by atoms with Gasteiger partial charge in [0.2, 0.25) is 0 Å². The molecule has 0 bridgehead atoms. The van der Waals surface area contributed by atoms with Crippen molar-refractivity contribution in [1.29, 1.82) is 0 Å². The monoisotopic (exact) mass is 457 g/mol. The predicted octanol–water partition coefficient (Wildman–Crippen LogP) is 3.78. The summed E-state index contributed by atoms with van der Waals surface area (Å²) in [6.07, 6.45) is 0. The lowest BCUT2D eigenvalue weighted by Gasteiger charge is -2.20. The molecule has 0 heterocycles. The molecule has 2 amide bonds. The molecule has 0 saturated carbocycles. The van der Waals surface area contributed by atoms with Crippen molar-refractivity contribution < 1.29 is 18.0 Å². The molecule has 9 heteroatoms. The number of carbonyl (C=O) groups is 2. The normalized spacial score (nSPS) is 10.9. The van der Waals surface area contributed by atoms with Gasteiger partial charge in [-0.05, 0) is 48.5 Å². The first-order chi connectivity index (χ1) is 14.7. The Kier molecular flexibility index (Phi) is 6.62. The van der Waals surface area contributed by atoms with Crippen molar-refractivity contribution in [2.24, 2.45) is 0 Å². The molecule has 2 N–H and O–H groups in total. The van der Waals surface area contributed by atoms with Crippen molar-refractivity contribution >= 4 is 44.8 Å². The van der Waals surface area contributed by atoms with E-state index in [1.807, 2.05) is 0 Å².